The molecule has 1 atom stereocenters. The highest BCUT2D eigenvalue weighted by molar-refractivity contribution is 8.16. The Hall–Kier alpha value is -3.67. The normalized spacial score (nSPS) is 17.4. The van der Waals surface area contributed by atoms with Gasteiger partial charge < -0.3 is 24.1 Å². The number of alkyl halides is 3. The third-order valence-corrected chi connectivity index (χ3v) is 6.34. The highest BCUT2D eigenvalue weighted by Gasteiger charge is 2.49. The molecule has 0 saturated carbocycles. The molecule has 3 heterocycles. The summed E-state index contributed by atoms with van der Waals surface area (Å²) in [6, 6.07) is 8.47. The van der Waals surface area contributed by atoms with Crippen LogP contribution in [-0.4, -0.2) is 41.3 Å². The number of ether oxygens (including phenoxy) is 2. The summed E-state index contributed by atoms with van der Waals surface area (Å²) in [5, 5.41) is 4.29. The van der Waals surface area contributed by atoms with E-state index < -0.39 is 35.6 Å². The van der Waals surface area contributed by atoms with Crippen LogP contribution in [0.25, 0.3) is 0 Å². The van der Waals surface area contributed by atoms with Gasteiger partial charge in [-0.15, -0.1) is 0 Å². The van der Waals surface area contributed by atoms with Crippen LogP contribution in [0.1, 0.15) is 37.6 Å². The molecule has 2 aliphatic rings. The Morgan fingerprint density at radius 2 is 1.95 bits per heavy atom. The molecule has 1 unspecified atom stereocenters. The van der Waals surface area contributed by atoms with Crippen molar-refractivity contribution in [3.8, 4) is 5.75 Å². The number of benzene rings is 1. The molecule has 4 rings (SSSR count). The van der Waals surface area contributed by atoms with Crippen LogP contribution in [0.15, 0.2) is 74.4 Å². The predicted octanol–water partition coefficient (Wildman–Crippen LogP) is 5.06. The highest BCUT2D eigenvalue weighted by atomic mass is 32.2. The van der Waals surface area contributed by atoms with Crippen LogP contribution in [0.5, 0.6) is 5.75 Å². The van der Waals surface area contributed by atoms with Crippen LogP contribution >= 0.6 is 11.8 Å². The van der Waals surface area contributed by atoms with Crippen LogP contribution < -0.4 is 10.1 Å². The van der Waals surface area contributed by atoms with Gasteiger partial charge >= 0.3 is 12.1 Å². The molecule has 2 aliphatic heterocycles. The van der Waals surface area contributed by atoms with E-state index in [1.807, 2.05) is 0 Å². The second-order valence-corrected chi connectivity index (χ2v) is 9.25. The van der Waals surface area contributed by atoms with Gasteiger partial charge in [-0.05, 0) is 49.1 Å². The molecule has 0 aliphatic carbocycles. The SMILES string of the molecule is COc1ccc(C2C(C(=O)OC(C)C)=C(C(F)(F)F)N=C3SC=C(CC(=O)NCc4ccco4)N32)cc1. The van der Waals surface area contributed by atoms with Crippen molar-refractivity contribution in [2.24, 2.45) is 4.99 Å². The van der Waals surface area contributed by atoms with Crippen molar-refractivity contribution in [1.29, 1.82) is 0 Å². The van der Waals surface area contributed by atoms with E-state index in [0.29, 0.717) is 22.8 Å². The van der Waals surface area contributed by atoms with E-state index in [1.54, 1.807) is 55.7 Å². The molecule has 1 N–H and O–H groups in total. The van der Waals surface area contributed by atoms with Gasteiger partial charge in [-0.25, -0.2) is 9.79 Å². The molecule has 12 heteroatoms. The lowest BCUT2D eigenvalue weighted by molar-refractivity contribution is -0.144. The van der Waals surface area contributed by atoms with E-state index in [-0.39, 0.29) is 24.0 Å². The fourth-order valence-corrected chi connectivity index (χ4v) is 4.80. The number of amidine groups is 1. The first-order valence-corrected chi connectivity index (χ1v) is 12.2. The average Bonchev–Trinajstić information content (AvgIpc) is 3.51. The maximum absolute atomic E-state index is 14.2. The van der Waals surface area contributed by atoms with E-state index in [9.17, 15) is 22.8 Å². The number of methoxy groups -OCH3 is 1. The highest BCUT2D eigenvalue weighted by Crippen LogP contribution is 2.48. The van der Waals surface area contributed by atoms with Gasteiger partial charge in [0, 0.05) is 5.70 Å². The van der Waals surface area contributed by atoms with Crippen LogP contribution in [0.3, 0.4) is 0 Å². The van der Waals surface area contributed by atoms with Crippen LogP contribution in [0.4, 0.5) is 13.2 Å². The predicted molar refractivity (Wildman–Crippen MR) is 130 cm³/mol. The first-order chi connectivity index (χ1) is 17.6. The van der Waals surface area contributed by atoms with Crippen LogP contribution in [0, 0.1) is 0 Å². The first kappa shape index (κ1) is 26.4. The smallest absolute Gasteiger partial charge is 0.434 e. The Morgan fingerprint density at radius 3 is 2.54 bits per heavy atom. The summed E-state index contributed by atoms with van der Waals surface area (Å²) in [7, 11) is 1.47. The molecule has 2 aromatic rings. The fraction of sp³-hybridized carbons (Fsp3) is 0.320. The van der Waals surface area contributed by atoms with Crippen molar-refractivity contribution in [2.45, 2.75) is 45.1 Å². The molecule has 37 heavy (non-hydrogen) atoms. The standard InChI is InChI=1S/C25H24F3N3O5S/c1-14(2)36-23(33)20-21(15-6-8-17(34-3)9-7-15)31-16(11-19(32)29-12-18-5-4-10-35-18)13-37-24(31)30-22(20)25(26,27)28/h4-10,13-14,21H,11-12H2,1-3H3,(H,29,32). The molecule has 1 aromatic heterocycles. The van der Waals surface area contributed by atoms with Crippen molar-refractivity contribution in [1.82, 2.24) is 10.2 Å². The maximum Gasteiger partial charge on any atom is 0.434 e. The number of carbonyl (C=O) groups is 2. The van der Waals surface area contributed by atoms with Gasteiger partial charge in [0.1, 0.15) is 11.5 Å². The van der Waals surface area contributed by atoms with Gasteiger partial charge in [0.15, 0.2) is 10.9 Å². The molecule has 0 fully saturated rings. The lowest BCUT2D eigenvalue weighted by atomic mass is 9.93. The number of hydrogen-bond donors (Lipinski definition) is 1. The largest absolute Gasteiger partial charge is 0.497 e. The number of nitrogens with one attached hydrogen (secondary N) is 1. The number of esters is 1. The molecule has 1 amide bonds. The molecule has 0 saturated heterocycles. The van der Waals surface area contributed by atoms with E-state index in [0.717, 1.165) is 11.8 Å². The van der Waals surface area contributed by atoms with Gasteiger partial charge in [0.2, 0.25) is 5.91 Å². The number of furan rings is 1. The molecule has 0 bridgehead atoms. The van der Waals surface area contributed by atoms with Crippen molar-refractivity contribution < 1.29 is 36.7 Å². The zero-order valence-electron chi connectivity index (χ0n) is 20.2. The van der Waals surface area contributed by atoms with Crippen molar-refractivity contribution in [3.63, 3.8) is 0 Å². The molecule has 8 nitrogen and oxygen atoms in total. The minimum Gasteiger partial charge on any atom is -0.497 e. The number of allylic oxidation sites excluding steroid dienone is 1. The molecule has 196 valence electrons. The summed E-state index contributed by atoms with van der Waals surface area (Å²) in [4.78, 5) is 31.1. The second kappa shape index (κ2) is 10.8. The molecular weight excluding hydrogens is 511 g/mol. The third-order valence-electron chi connectivity index (χ3n) is 5.45. The van der Waals surface area contributed by atoms with Gasteiger partial charge in [0.25, 0.3) is 0 Å². The van der Waals surface area contributed by atoms with Crippen molar-refractivity contribution in [2.75, 3.05) is 7.11 Å². The average molecular weight is 536 g/mol. The molecule has 1 aromatic carbocycles. The molecule has 0 radical (unpaired) electrons. The minimum atomic E-state index is -4.92. The fourth-order valence-electron chi connectivity index (χ4n) is 3.88. The topological polar surface area (TPSA) is 93.4 Å². The van der Waals surface area contributed by atoms with Crippen molar-refractivity contribution in [3.05, 3.63) is 76.4 Å². The summed E-state index contributed by atoms with van der Waals surface area (Å²) in [5.74, 6) is -0.473. The summed E-state index contributed by atoms with van der Waals surface area (Å²) in [6.07, 6.45) is -4.26. The summed E-state index contributed by atoms with van der Waals surface area (Å²) >= 11 is 0.950. The lowest BCUT2D eigenvalue weighted by Crippen LogP contribution is -2.40. The maximum atomic E-state index is 14.2. The van der Waals surface area contributed by atoms with Gasteiger partial charge in [-0.1, -0.05) is 23.9 Å². The van der Waals surface area contributed by atoms with Crippen LogP contribution in [-0.2, 0) is 20.9 Å². The number of carbonyl (C=O) groups excluding carboxylic acids is 2. The van der Waals surface area contributed by atoms with E-state index >= 15 is 0 Å². The Bertz CT molecular complexity index is 1250. The lowest BCUT2D eigenvalue weighted by Gasteiger charge is -2.37. The van der Waals surface area contributed by atoms with Gasteiger partial charge in [-0.2, -0.15) is 13.2 Å². The van der Waals surface area contributed by atoms with E-state index in [2.05, 4.69) is 10.3 Å². The third kappa shape index (κ3) is 5.85. The summed E-state index contributed by atoms with van der Waals surface area (Å²) in [5.41, 5.74) is -1.22. The number of rotatable bonds is 8. The molecule has 0 spiro atoms. The quantitative estimate of drug-likeness (QED) is 0.472. The number of fused-ring (bicyclic) bond motifs is 1. The second-order valence-electron chi connectivity index (χ2n) is 8.41. The van der Waals surface area contributed by atoms with Gasteiger partial charge in [0.05, 0.1) is 44.1 Å². The Balaban J connectivity index is 1.73. The number of halogens is 3. The number of amides is 1. The van der Waals surface area contributed by atoms with Crippen LogP contribution in [0.2, 0.25) is 0 Å². The number of nitrogens with zero attached hydrogens (tertiary/aromatic N) is 2. The molecular formula is C25H24F3N3O5S. The number of aliphatic imine (C=N–C) groups is 1. The number of hydrogen-bond acceptors (Lipinski definition) is 8. The Labute approximate surface area is 215 Å². The summed E-state index contributed by atoms with van der Waals surface area (Å²) in [6.45, 7) is 3.25. The van der Waals surface area contributed by atoms with Gasteiger partial charge in [-0.3, -0.25) is 4.79 Å². The first-order valence-electron chi connectivity index (χ1n) is 11.3. The Morgan fingerprint density at radius 1 is 1.22 bits per heavy atom. The van der Waals surface area contributed by atoms with E-state index in [1.165, 1.54) is 18.3 Å². The van der Waals surface area contributed by atoms with E-state index in [4.69, 9.17) is 13.9 Å². The van der Waals surface area contributed by atoms with Crippen molar-refractivity contribution >= 4 is 28.8 Å². The summed E-state index contributed by atoms with van der Waals surface area (Å²) < 4.78 is 58.2. The monoisotopic (exact) mass is 535 g/mol. The number of thioether (sulfide) groups is 1. The zero-order valence-corrected chi connectivity index (χ0v) is 21.0. The Kier molecular flexibility index (Phi) is 7.67. The zero-order chi connectivity index (χ0) is 26.7. The minimum absolute atomic E-state index is 0.00285.